The third-order valence-electron chi connectivity index (χ3n) is 7.94. The smallest absolute Gasteiger partial charge is 0.127 e. The van der Waals surface area contributed by atoms with E-state index in [4.69, 9.17) is 4.74 Å². The lowest BCUT2D eigenvalue weighted by molar-refractivity contribution is 0.129. The van der Waals surface area contributed by atoms with E-state index in [0.717, 1.165) is 31.1 Å². The van der Waals surface area contributed by atoms with Crippen molar-refractivity contribution in [3.8, 4) is 5.75 Å². The van der Waals surface area contributed by atoms with Crippen LogP contribution in [0.15, 0.2) is 54.6 Å². The van der Waals surface area contributed by atoms with E-state index in [9.17, 15) is 0 Å². The van der Waals surface area contributed by atoms with Crippen molar-refractivity contribution >= 4 is 0 Å². The molecule has 166 valence electrons. The Bertz CT molecular complexity index is 932. The van der Waals surface area contributed by atoms with Gasteiger partial charge in [-0.25, -0.2) is 0 Å². The molecule has 1 saturated heterocycles. The van der Waals surface area contributed by atoms with E-state index < -0.39 is 0 Å². The van der Waals surface area contributed by atoms with Gasteiger partial charge in [-0.1, -0.05) is 56.3 Å². The van der Waals surface area contributed by atoms with Gasteiger partial charge in [0.1, 0.15) is 11.9 Å². The lowest BCUT2D eigenvalue weighted by Crippen LogP contribution is -2.26. The van der Waals surface area contributed by atoms with Crippen LogP contribution in [0.4, 0.5) is 0 Å². The van der Waals surface area contributed by atoms with E-state index in [0.29, 0.717) is 11.3 Å². The lowest BCUT2D eigenvalue weighted by atomic mass is 9.74. The summed E-state index contributed by atoms with van der Waals surface area (Å²) in [6.45, 7) is 15.5. The van der Waals surface area contributed by atoms with Gasteiger partial charge in [0.25, 0.3) is 0 Å². The first-order chi connectivity index (χ1) is 14.9. The molecule has 2 aromatic carbocycles. The summed E-state index contributed by atoms with van der Waals surface area (Å²) in [5.41, 5.74) is 7.13. The second-order valence-electron chi connectivity index (χ2n) is 10.3. The fourth-order valence-electron chi connectivity index (χ4n) is 5.67. The quantitative estimate of drug-likeness (QED) is 0.476. The van der Waals surface area contributed by atoms with Gasteiger partial charge in [-0.3, -0.25) is 0 Å². The van der Waals surface area contributed by atoms with Crippen LogP contribution in [0.3, 0.4) is 0 Å². The highest BCUT2D eigenvalue weighted by molar-refractivity contribution is 5.39. The molecule has 1 aliphatic heterocycles. The zero-order chi connectivity index (χ0) is 22.0. The number of rotatable bonds is 8. The number of nitrogens with one attached hydrogen (secondary N) is 1. The third-order valence-corrected chi connectivity index (χ3v) is 7.94. The van der Waals surface area contributed by atoms with Crippen LogP contribution in [0.2, 0.25) is 0 Å². The monoisotopic (exact) mass is 417 g/mol. The molecular formula is C29H39NO. The molecular weight excluding hydrogens is 378 g/mol. The van der Waals surface area contributed by atoms with Crippen LogP contribution in [0.1, 0.15) is 68.4 Å². The molecule has 31 heavy (non-hydrogen) atoms. The summed E-state index contributed by atoms with van der Waals surface area (Å²) in [7, 11) is 0. The van der Waals surface area contributed by atoms with E-state index in [2.05, 4.69) is 82.1 Å². The fourth-order valence-corrected chi connectivity index (χ4v) is 5.67. The van der Waals surface area contributed by atoms with E-state index in [1.165, 1.54) is 53.6 Å². The topological polar surface area (TPSA) is 21.3 Å². The largest absolute Gasteiger partial charge is 0.485 e. The van der Waals surface area contributed by atoms with Crippen LogP contribution in [0, 0.1) is 24.2 Å². The summed E-state index contributed by atoms with van der Waals surface area (Å²) in [4.78, 5) is 0. The van der Waals surface area contributed by atoms with Crippen LogP contribution >= 0.6 is 0 Å². The third kappa shape index (κ3) is 4.75. The van der Waals surface area contributed by atoms with Gasteiger partial charge >= 0.3 is 0 Å². The second kappa shape index (κ2) is 9.20. The summed E-state index contributed by atoms with van der Waals surface area (Å²) in [5.74, 6) is 2.32. The van der Waals surface area contributed by atoms with Crippen LogP contribution in [0.5, 0.6) is 5.75 Å². The fraction of sp³-hybridized carbons (Fsp3) is 0.517. The molecule has 0 saturated carbocycles. The minimum Gasteiger partial charge on any atom is -0.485 e. The van der Waals surface area contributed by atoms with Crippen molar-refractivity contribution in [2.75, 3.05) is 13.1 Å². The van der Waals surface area contributed by atoms with Crippen LogP contribution in [-0.4, -0.2) is 13.1 Å². The predicted octanol–water partition coefficient (Wildman–Crippen LogP) is 6.82. The van der Waals surface area contributed by atoms with Crippen molar-refractivity contribution in [2.45, 2.75) is 65.9 Å². The molecule has 4 rings (SSSR count). The van der Waals surface area contributed by atoms with Crippen LogP contribution in [0.25, 0.3) is 0 Å². The zero-order valence-electron chi connectivity index (χ0n) is 19.8. The molecule has 0 aromatic heterocycles. The Hall–Kier alpha value is -2.06. The first-order valence-corrected chi connectivity index (χ1v) is 12.1. The number of benzene rings is 2. The van der Waals surface area contributed by atoms with Crippen molar-refractivity contribution in [1.82, 2.24) is 5.32 Å². The minimum absolute atomic E-state index is 0.157. The van der Waals surface area contributed by atoms with Gasteiger partial charge in [-0.05, 0) is 98.2 Å². The highest BCUT2D eigenvalue weighted by Crippen LogP contribution is 2.44. The van der Waals surface area contributed by atoms with Gasteiger partial charge in [-0.2, -0.15) is 0 Å². The number of hydrogen-bond acceptors (Lipinski definition) is 2. The Labute approximate surface area is 189 Å². The van der Waals surface area contributed by atoms with E-state index >= 15 is 0 Å². The molecule has 2 nitrogen and oxygen atoms in total. The molecule has 1 fully saturated rings. The van der Waals surface area contributed by atoms with Crippen LogP contribution < -0.4 is 10.1 Å². The molecule has 1 aliphatic carbocycles. The summed E-state index contributed by atoms with van der Waals surface area (Å²) in [5, 5.41) is 3.64. The van der Waals surface area contributed by atoms with Gasteiger partial charge in [-0.15, -0.1) is 0 Å². The van der Waals surface area contributed by atoms with Gasteiger partial charge < -0.3 is 10.1 Å². The predicted molar refractivity (Wildman–Crippen MR) is 131 cm³/mol. The average Bonchev–Trinajstić information content (AvgIpc) is 3.29. The van der Waals surface area contributed by atoms with Crippen molar-refractivity contribution in [2.24, 2.45) is 17.3 Å². The molecule has 2 aliphatic rings. The molecule has 2 aromatic rings. The number of ether oxygens (including phenoxy) is 1. The lowest BCUT2D eigenvalue weighted by Gasteiger charge is -2.31. The van der Waals surface area contributed by atoms with E-state index in [1.807, 2.05) is 0 Å². The first kappa shape index (κ1) is 22.1. The van der Waals surface area contributed by atoms with E-state index in [1.54, 1.807) is 0 Å². The molecule has 3 unspecified atom stereocenters. The molecule has 1 N–H and O–H groups in total. The molecule has 4 atom stereocenters. The Kier molecular flexibility index (Phi) is 6.57. The Morgan fingerprint density at radius 1 is 1.19 bits per heavy atom. The van der Waals surface area contributed by atoms with Crippen molar-refractivity contribution in [1.29, 1.82) is 0 Å². The van der Waals surface area contributed by atoms with Crippen molar-refractivity contribution in [3.05, 3.63) is 76.9 Å². The Morgan fingerprint density at radius 3 is 2.74 bits per heavy atom. The zero-order valence-corrected chi connectivity index (χ0v) is 19.8. The molecule has 0 radical (unpaired) electrons. The van der Waals surface area contributed by atoms with Crippen LogP contribution in [-0.2, 0) is 12.8 Å². The summed E-state index contributed by atoms with van der Waals surface area (Å²) < 4.78 is 6.71. The standard InChI is InChI=1S/C29H39NO/c1-6-29(5)19-30-18-25(29)13-11-24-17-23-9-7-8-10-27(23)28(24)31-26-14-12-22(15-20(2)3)21(4)16-26/h7-10,12,14,16,24-25,28,30H,2,6,11,13,15,17-19H2,1,3-5H3/t24-,25?,28?,29?/m1/s1. The maximum Gasteiger partial charge on any atom is 0.127 e. The number of aryl methyl sites for hydroxylation is 1. The van der Waals surface area contributed by atoms with Crippen molar-refractivity contribution in [3.63, 3.8) is 0 Å². The average molecular weight is 418 g/mol. The van der Waals surface area contributed by atoms with Gasteiger partial charge in [0.2, 0.25) is 0 Å². The summed E-state index contributed by atoms with van der Waals surface area (Å²) in [6.07, 6.45) is 6.00. The first-order valence-electron chi connectivity index (χ1n) is 12.1. The minimum atomic E-state index is 0.157. The summed E-state index contributed by atoms with van der Waals surface area (Å²) >= 11 is 0. The number of fused-ring (bicyclic) bond motifs is 1. The second-order valence-corrected chi connectivity index (χ2v) is 10.3. The molecule has 0 spiro atoms. The molecule has 1 heterocycles. The highest BCUT2D eigenvalue weighted by Gasteiger charge is 2.39. The number of allylic oxidation sites excluding steroid dienone is 1. The molecule has 0 bridgehead atoms. The highest BCUT2D eigenvalue weighted by atomic mass is 16.5. The maximum atomic E-state index is 6.71. The van der Waals surface area contributed by atoms with Gasteiger partial charge in [0.05, 0.1) is 0 Å². The Balaban J connectivity index is 1.50. The van der Waals surface area contributed by atoms with E-state index in [-0.39, 0.29) is 6.10 Å². The SMILES string of the molecule is C=C(C)Cc1ccc(OC2c3ccccc3C[C@H]2CCC2CNCC2(C)CC)cc1C. The molecule has 2 heteroatoms. The Morgan fingerprint density at radius 2 is 2.00 bits per heavy atom. The van der Waals surface area contributed by atoms with Gasteiger partial charge in [0, 0.05) is 12.5 Å². The number of hydrogen-bond donors (Lipinski definition) is 1. The maximum absolute atomic E-state index is 6.71. The molecule has 0 amide bonds. The van der Waals surface area contributed by atoms with Gasteiger partial charge in [0.15, 0.2) is 0 Å². The summed E-state index contributed by atoms with van der Waals surface area (Å²) in [6, 6.07) is 15.5. The normalized spacial score (nSPS) is 27.3. The van der Waals surface area contributed by atoms with Crippen molar-refractivity contribution < 1.29 is 4.74 Å².